The highest BCUT2D eigenvalue weighted by Gasteiger charge is 2.31. The fourth-order valence-corrected chi connectivity index (χ4v) is 2.21. The molecule has 1 aromatic carbocycles. The van der Waals surface area contributed by atoms with E-state index in [1.165, 1.54) is 6.07 Å². The Morgan fingerprint density at radius 3 is 2.57 bits per heavy atom. The second-order valence-electron chi connectivity index (χ2n) is 5.45. The summed E-state index contributed by atoms with van der Waals surface area (Å²) in [7, 11) is 0. The Morgan fingerprint density at radius 1 is 1.17 bits per heavy atom. The first-order chi connectivity index (χ1) is 10.8. The smallest absolute Gasteiger partial charge is 0.351 e. The second kappa shape index (κ2) is 5.88. The zero-order valence-corrected chi connectivity index (χ0v) is 13.0. The molecule has 8 heteroatoms. The van der Waals surface area contributed by atoms with Crippen LogP contribution in [0.1, 0.15) is 24.1 Å². The monoisotopic (exact) mass is 342 g/mol. The van der Waals surface area contributed by atoms with Gasteiger partial charge in [0.2, 0.25) is 5.95 Å². The number of aryl methyl sites for hydroxylation is 1. The van der Waals surface area contributed by atoms with E-state index in [1.807, 2.05) is 0 Å². The Kier molecular flexibility index (Phi) is 4.06. The SMILES string of the molecule is Cc1cc(Nc2cc(C(F)(F)F)ccc2Cl)nc(NC2CC2)n1. The van der Waals surface area contributed by atoms with Gasteiger partial charge in [-0.2, -0.15) is 18.2 Å². The molecule has 1 heterocycles. The molecule has 0 radical (unpaired) electrons. The molecule has 23 heavy (non-hydrogen) atoms. The summed E-state index contributed by atoms with van der Waals surface area (Å²) in [6.07, 6.45) is -2.29. The van der Waals surface area contributed by atoms with E-state index in [2.05, 4.69) is 20.6 Å². The van der Waals surface area contributed by atoms with Crippen molar-refractivity contribution >= 4 is 29.1 Å². The minimum atomic E-state index is -4.43. The number of nitrogens with zero attached hydrogens (tertiary/aromatic N) is 2. The Labute approximate surface area is 136 Å². The summed E-state index contributed by atoms with van der Waals surface area (Å²) in [6.45, 7) is 1.79. The minimum absolute atomic E-state index is 0.150. The van der Waals surface area contributed by atoms with Crippen molar-refractivity contribution in [2.24, 2.45) is 0 Å². The molecule has 0 aliphatic heterocycles. The van der Waals surface area contributed by atoms with E-state index in [1.54, 1.807) is 13.0 Å². The van der Waals surface area contributed by atoms with E-state index in [-0.39, 0.29) is 10.7 Å². The molecule has 1 fully saturated rings. The van der Waals surface area contributed by atoms with Crippen LogP contribution < -0.4 is 10.6 Å². The number of rotatable bonds is 4. The van der Waals surface area contributed by atoms with Crippen molar-refractivity contribution in [1.82, 2.24) is 9.97 Å². The third-order valence-electron chi connectivity index (χ3n) is 3.32. The Morgan fingerprint density at radius 2 is 1.91 bits per heavy atom. The molecule has 0 bridgehead atoms. The lowest BCUT2D eigenvalue weighted by molar-refractivity contribution is -0.137. The van der Waals surface area contributed by atoms with Crippen LogP contribution in [0.15, 0.2) is 24.3 Å². The lowest BCUT2D eigenvalue weighted by Gasteiger charge is -2.13. The predicted molar refractivity (Wildman–Crippen MR) is 83.2 cm³/mol. The molecule has 1 aliphatic rings. The molecule has 0 amide bonds. The van der Waals surface area contributed by atoms with Crippen molar-refractivity contribution in [2.75, 3.05) is 10.6 Å². The van der Waals surface area contributed by atoms with Gasteiger partial charge >= 0.3 is 6.18 Å². The topological polar surface area (TPSA) is 49.8 Å². The maximum absolute atomic E-state index is 12.8. The summed E-state index contributed by atoms with van der Waals surface area (Å²) >= 11 is 5.98. The molecule has 0 unspecified atom stereocenters. The second-order valence-corrected chi connectivity index (χ2v) is 5.86. The molecule has 1 aliphatic carbocycles. The fraction of sp³-hybridized carbons (Fsp3) is 0.333. The van der Waals surface area contributed by atoms with Gasteiger partial charge in [0.05, 0.1) is 16.3 Å². The average molecular weight is 343 g/mol. The van der Waals surface area contributed by atoms with E-state index in [9.17, 15) is 13.2 Å². The molecule has 122 valence electrons. The van der Waals surface area contributed by atoms with Gasteiger partial charge in [-0.15, -0.1) is 0 Å². The molecule has 0 saturated heterocycles. The first-order valence-electron chi connectivity index (χ1n) is 7.07. The largest absolute Gasteiger partial charge is 0.416 e. The number of benzene rings is 1. The van der Waals surface area contributed by atoms with Gasteiger partial charge in [-0.25, -0.2) is 4.98 Å². The Bertz CT molecular complexity index is 729. The highest BCUT2D eigenvalue weighted by molar-refractivity contribution is 6.33. The molecule has 0 atom stereocenters. The van der Waals surface area contributed by atoms with Crippen LogP contribution in [-0.2, 0) is 6.18 Å². The predicted octanol–water partition coefficient (Wildman–Crippen LogP) is 4.78. The third kappa shape index (κ3) is 4.04. The lowest BCUT2D eigenvalue weighted by atomic mass is 10.2. The molecule has 1 saturated carbocycles. The standard InChI is InChI=1S/C15H14ClF3N4/c1-8-6-13(23-14(20-8)21-10-3-4-10)22-12-7-9(15(17,18)19)2-5-11(12)16/h2,5-7,10H,3-4H2,1H3,(H2,20,21,22,23). The highest BCUT2D eigenvalue weighted by atomic mass is 35.5. The van der Waals surface area contributed by atoms with Gasteiger partial charge in [0, 0.05) is 17.8 Å². The highest BCUT2D eigenvalue weighted by Crippen LogP contribution is 2.35. The number of alkyl halides is 3. The summed E-state index contributed by atoms with van der Waals surface area (Å²) in [6, 6.07) is 5.15. The van der Waals surface area contributed by atoms with Gasteiger partial charge in [-0.1, -0.05) is 11.6 Å². The van der Waals surface area contributed by atoms with Crippen LogP contribution >= 0.6 is 11.6 Å². The van der Waals surface area contributed by atoms with Crippen molar-refractivity contribution in [1.29, 1.82) is 0 Å². The van der Waals surface area contributed by atoms with Crippen molar-refractivity contribution in [2.45, 2.75) is 32.0 Å². The zero-order valence-electron chi connectivity index (χ0n) is 12.2. The zero-order chi connectivity index (χ0) is 16.6. The van der Waals surface area contributed by atoms with Crippen molar-refractivity contribution in [3.05, 3.63) is 40.5 Å². The third-order valence-corrected chi connectivity index (χ3v) is 3.65. The minimum Gasteiger partial charge on any atom is -0.351 e. The van der Waals surface area contributed by atoms with E-state index in [4.69, 9.17) is 11.6 Å². The molecule has 2 N–H and O–H groups in total. The Hall–Kier alpha value is -2.02. The number of hydrogen-bond acceptors (Lipinski definition) is 4. The quantitative estimate of drug-likeness (QED) is 0.840. The van der Waals surface area contributed by atoms with Crippen LogP contribution in [0.4, 0.5) is 30.6 Å². The van der Waals surface area contributed by atoms with Crippen LogP contribution in [0.25, 0.3) is 0 Å². The van der Waals surface area contributed by atoms with Crippen LogP contribution in [-0.4, -0.2) is 16.0 Å². The van der Waals surface area contributed by atoms with Crippen LogP contribution in [0.5, 0.6) is 0 Å². The summed E-state index contributed by atoms with van der Waals surface area (Å²) < 4.78 is 38.4. The summed E-state index contributed by atoms with van der Waals surface area (Å²) in [5, 5.41) is 6.18. The Balaban J connectivity index is 1.87. The fourth-order valence-electron chi connectivity index (χ4n) is 2.04. The van der Waals surface area contributed by atoms with E-state index < -0.39 is 11.7 Å². The van der Waals surface area contributed by atoms with Crippen LogP contribution in [0.2, 0.25) is 5.02 Å². The molecule has 0 spiro atoms. The maximum Gasteiger partial charge on any atom is 0.416 e. The number of anilines is 3. The van der Waals surface area contributed by atoms with Gasteiger partial charge < -0.3 is 10.6 Å². The van der Waals surface area contributed by atoms with Crippen molar-refractivity contribution in [3.63, 3.8) is 0 Å². The molecule has 2 aromatic rings. The maximum atomic E-state index is 12.8. The van der Waals surface area contributed by atoms with E-state index in [0.29, 0.717) is 23.5 Å². The first kappa shape index (κ1) is 15.9. The molecule has 1 aromatic heterocycles. The number of hydrogen-bond donors (Lipinski definition) is 2. The molecular formula is C15H14ClF3N4. The van der Waals surface area contributed by atoms with Gasteiger partial charge in [0.15, 0.2) is 0 Å². The van der Waals surface area contributed by atoms with Gasteiger partial charge in [-0.3, -0.25) is 0 Å². The van der Waals surface area contributed by atoms with Crippen molar-refractivity contribution < 1.29 is 13.2 Å². The van der Waals surface area contributed by atoms with E-state index >= 15 is 0 Å². The summed E-state index contributed by atoms with van der Waals surface area (Å²) in [5.41, 5.74) is 0.0808. The number of nitrogens with one attached hydrogen (secondary N) is 2. The number of aromatic nitrogens is 2. The number of halogens is 4. The average Bonchev–Trinajstić information content (AvgIpc) is 3.23. The summed E-state index contributed by atoms with van der Waals surface area (Å²) in [4.78, 5) is 8.53. The summed E-state index contributed by atoms with van der Waals surface area (Å²) in [5.74, 6) is 0.847. The van der Waals surface area contributed by atoms with Crippen molar-refractivity contribution in [3.8, 4) is 0 Å². The van der Waals surface area contributed by atoms with E-state index in [0.717, 1.165) is 25.0 Å². The first-order valence-corrected chi connectivity index (χ1v) is 7.45. The molecular weight excluding hydrogens is 329 g/mol. The molecule has 4 nitrogen and oxygen atoms in total. The van der Waals surface area contributed by atoms with Crippen LogP contribution in [0.3, 0.4) is 0 Å². The normalized spacial score (nSPS) is 14.7. The lowest BCUT2D eigenvalue weighted by Crippen LogP contribution is -2.08. The van der Waals surface area contributed by atoms with Gasteiger partial charge in [0.25, 0.3) is 0 Å². The molecule has 3 rings (SSSR count). The van der Waals surface area contributed by atoms with Gasteiger partial charge in [0.1, 0.15) is 5.82 Å². The van der Waals surface area contributed by atoms with Crippen LogP contribution in [0, 0.1) is 6.92 Å². The van der Waals surface area contributed by atoms with Gasteiger partial charge in [-0.05, 0) is 38.0 Å².